The number of phosphoric ester groups is 1. The van der Waals surface area contributed by atoms with E-state index in [0.717, 1.165) is 0 Å². The highest BCUT2D eigenvalue weighted by Gasteiger charge is 2.24. The largest absolute Gasteiger partial charge is 0.491 e. The van der Waals surface area contributed by atoms with Crippen LogP contribution in [-0.2, 0) is 23.0 Å². The van der Waals surface area contributed by atoms with Crippen molar-refractivity contribution >= 4 is 7.82 Å². The molecule has 0 radical (unpaired) electrons. The molecule has 80 valence electrons. The van der Waals surface area contributed by atoms with E-state index in [9.17, 15) is 4.57 Å². The van der Waals surface area contributed by atoms with Crippen molar-refractivity contribution in [2.45, 2.75) is 13.8 Å². The normalized spacial score (nSPS) is 15.6. The standard InChI is InChI=1S/C6H16NO5P/c1-3-9-5-6-11-13(8,12-7)10-4-2/h3-7H2,1-2H3. The van der Waals surface area contributed by atoms with Crippen LogP contribution in [0.5, 0.6) is 0 Å². The molecule has 0 fully saturated rings. The van der Waals surface area contributed by atoms with E-state index in [4.69, 9.17) is 15.2 Å². The van der Waals surface area contributed by atoms with Gasteiger partial charge in [-0.1, -0.05) is 0 Å². The Morgan fingerprint density at radius 2 is 1.85 bits per heavy atom. The van der Waals surface area contributed by atoms with Gasteiger partial charge in [0.15, 0.2) is 0 Å². The average Bonchev–Trinajstić information content (AvgIpc) is 2.13. The van der Waals surface area contributed by atoms with E-state index in [1.807, 2.05) is 6.92 Å². The summed E-state index contributed by atoms with van der Waals surface area (Å²) >= 11 is 0. The third-order valence-corrected chi connectivity index (χ3v) is 2.43. The van der Waals surface area contributed by atoms with Gasteiger partial charge in [-0.3, -0.25) is 9.05 Å². The Kier molecular flexibility index (Phi) is 7.45. The molecule has 13 heavy (non-hydrogen) atoms. The predicted octanol–water partition coefficient (Wildman–Crippen LogP) is 1.07. The van der Waals surface area contributed by atoms with E-state index in [1.54, 1.807) is 6.92 Å². The van der Waals surface area contributed by atoms with Crippen molar-refractivity contribution in [3.8, 4) is 0 Å². The first-order chi connectivity index (χ1) is 6.18. The lowest BCUT2D eigenvalue weighted by Gasteiger charge is -2.13. The molecule has 0 heterocycles. The molecule has 0 saturated heterocycles. The summed E-state index contributed by atoms with van der Waals surface area (Å²) in [6.45, 7) is 4.76. The minimum atomic E-state index is -3.54. The Morgan fingerprint density at radius 1 is 1.15 bits per heavy atom. The fraction of sp³-hybridized carbons (Fsp3) is 1.00. The molecule has 6 nitrogen and oxygen atoms in total. The number of hydrogen-bond acceptors (Lipinski definition) is 6. The van der Waals surface area contributed by atoms with Gasteiger partial charge in [0.1, 0.15) is 0 Å². The lowest BCUT2D eigenvalue weighted by atomic mass is 10.8. The molecule has 0 aliphatic rings. The highest BCUT2D eigenvalue weighted by Crippen LogP contribution is 2.47. The van der Waals surface area contributed by atoms with Crippen molar-refractivity contribution in [1.82, 2.24) is 0 Å². The fourth-order valence-electron chi connectivity index (χ4n) is 0.609. The van der Waals surface area contributed by atoms with Crippen molar-refractivity contribution in [3.05, 3.63) is 0 Å². The molecule has 0 aromatic heterocycles. The summed E-state index contributed by atoms with van der Waals surface area (Å²) in [7, 11) is -3.54. The van der Waals surface area contributed by atoms with E-state index in [-0.39, 0.29) is 13.2 Å². The number of phosphoric acid groups is 1. The summed E-state index contributed by atoms with van der Waals surface area (Å²) < 4.78 is 29.8. The molecule has 0 aliphatic heterocycles. The van der Waals surface area contributed by atoms with Crippen LogP contribution in [0.15, 0.2) is 0 Å². The van der Waals surface area contributed by atoms with Gasteiger partial charge in [0.05, 0.1) is 19.8 Å². The van der Waals surface area contributed by atoms with E-state index in [2.05, 4.69) is 9.15 Å². The zero-order valence-corrected chi connectivity index (χ0v) is 8.79. The maximum Gasteiger partial charge on any atom is 0.491 e. The number of rotatable bonds is 8. The maximum absolute atomic E-state index is 11.3. The quantitative estimate of drug-likeness (QED) is 0.369. The van der Waals surface area contributed by atoms with Gasteiger partial charge in [-0.2, -0.15) is 0 Å². The second-order valence-electron chi connectivity index (χ2n) is 2.00. The van der Waals surface area contributed by atoms with Gasteiger partial charge in [0, 0.05) is 6.61 Å². The van der Waals surface area contributed by atoms with Crippen LogP contribution in [0.25, 0.3) is 0 Å². The summed E-state index contributed by atoms with van der Waals surface area (Å²) in [5, 5.41) is 0. The molecular formula is C6H16NO5P. The van der Waals surface area contributed by atoms with Gasteiger partial charge < -0.3 is 4.74 Å². The Hall–Kier alpha value is 0.0300. The first-order valence-corrected chi connectivity index (χ1v) is 5.50. The second kappa shape index (κ2) is 7.44. The SMILES string of the molecule is CCOCCOP(=O)(ON)OCC. The van der Waals surface area contributed by atoms with Crippen LogP contribution in [0.1, 0.15) is 13.8 Å². The van der Waals surface area contributed by atoms with Gasteiger partial charge in [0.2, 0.25) is 0 Å². The van der Waals surface area contributed by atoms with Crippen LogP contribution in [-0.4, -0.2) is 26.4 Å². The van der Waals surface area contributed by atoms with Gasteiger partial charge >= 0.3 is 7.82 Å². The second-order valence-corrected chi connectivity index (χ2v) is 3.62. The lowest BCUT2D eigenvalue weighted by Crippen LogP contribution is -2.08. The summed E-state index contributed by atoms with van der Waals surface area (Å²) in [6, 6.07) is 0. The van der Waals surface area contributed by atoms with Crippen LogP contribution in [0, 0.1) is 0 Å². The smallest absolute Gasteiger partial charge is 0.379 e. The van der Waals surface area contributed by atoms with Crippen LogP contribution >= 0.6 is 7.82 Å². The molecule has 0 aromatic carbocycles. The van der Waals surface area contributed by atoms with E-state index in [1.165, 1.54) is 0 Å². The van der Waals surface area contributed by atoms with E-state index in [0.29, 0.717) is 13.2 Å². The third-order valence-electron chi connectivity index (χ3n) is 1.10. The number of nitrogens with two attached hydrogens (primary N) is 1. The maximum atomic E-state index is 11.3. The van der Waals surface area contributed by atoms with E-state index >= 15 is 0 Å². The van der Waals surface area contributed by atoms with Crippen molar-refractivity contribution in [2.24, 2.45) is 5.90 Å². The Bertz CT molecular complexity index is 165. The zero-order chi connectivity index (χ0) is 10.2. The van der Waals surface area contributed by atoms with Crippen LogP contribution in [0.3, 0.4) is 0 Å². The topological polar surface area (TPSA) is 80.0 Å². The predicted molar refractivity (Wildman–Crippen MR) is 46.9 cm³/mol. The molecule has 7 heteroatoms. The van der Waals surface area contributed by atoms with Crippen LogP contribution in [0.4, 0.5) is 0 Å². The minimum Gasteiger partial charge on any atom is -0.379 e. The molecule has 0 aliphatic carbocycles. The molecule has 0 rings (SSSR count). The monoisotopic (exact) mass is 213 g/mol. The van der Waals surface area contributed by atoms with Gasteiger partial charge in [-0.25, -0.2) is 15.1 Å². The molecule has 0 aromatic rings. The number of hydrogen-bond donors (Lipinski definition) is 1. The van der Waals surface area contributed by atoms with Gasteiger partial charge in [0.25, 0.3) is 0 Å². The highest BCUT2D eigenvalue weighted by molar-refractivity contribution is 7.48. The Labute approximate surface area is 77.9 Å². The van der Waals surface area contributed by atoms with Crippen LogP contribution < -0.4 is 5.90 Å². The molecule has 2 N–H and O–H groups in total. The first-order valence-electron chi connectivity index (χ1n) is 4.03. The minimum absolute atomic E-state index is 0.127. The van der Waals surface area contributed by atoms with Crippen LogP contribution in [0.2, 0.25) is 0 Å². The van der Waals surface area contributed by atoms with Gasteiger partial charge in [-0.15, -0.1) is 0 Å². The van der Waals surface area contributed by atoms with Crippen molar-refractivity contribution in [2.75, 3.05) is 26.4 Å². The first kappa shape index (κ1) is 13.0. The van der Waals surface area contributed by atoms with E-state index < -0.39 is 7.82 Å². The van der Waals surface area contributed by atoms with Crippen molar-refractivity contribution in [3.63, 3.8) is 0 Å². The van der Waals surface area contributed by atoms with Gasteiger partial charge in [-0.05, 0) is 13.8 Å². The summed E-state index contributed by atoms with van der Waals surface area (Å²) in [5.41, 5.74) is 0. The lowest BCUT2D eigenvalue weighted by molar-refractivity contribution is 0.0710. The number of ether oxygens (including phenoxy) is 1. The fourth-order valence-corrected chi connectivity index (χ4v) is 1.42. The Morgan fingerprint density at radius 3 is 2.31 bits per heavy atom. The Balaban J connectivity index is 3.64. The molecule has 0 bridgehead atoms. The van der Waals surface area contributed by atoms with Crippen molar-refractivity contribution in [1.29, 1.82) is 0 Å². The summed E-state index contributed by atoms with van der Waals surface area (Å²) in [6.07, 6.45) is 0. The molecule has 1 unspecified atom stereocenters. The molecule has 0 spiro atoms. The molecule has 0 saturated carbocycles. The molecule has 1 atom stereocenters. The zero-order valence-electron chi connectivity index (χ0n) is 7.89. The summed E-state index contributed by atoms with van der Waals surface area (Å²) in [4.78, 5) is 0. The summed E-state index contributed by atoms with van der Waals surface area (Å²) in [5.74, 6) is 4.75. The third kappa shape index (κ3) is 6.15. The molecule has 0 amide bonds. The molecular weight excluding hydrogens is 197 g/mol. The average molecular weight is 213 g/mol. The van der Waals surface area contributed by atoms with Crippen molar-refractivity contribution < 1.29 is 23.0 Å². The highest BCUT2D eigenvalue weighted by atomic mass is 31.2.